The monoisotopic (exact) mass is 664 g/mol. The minimum absolute atomic E-state index is 0.152. The number of amides is 2. The molecule has 0 aliphatic carbocycles. The summed E-state index contributed by atoms with van der Waals surface area (Å²) >= 11 is 7.00. The summed E-state index contributed by atoms with van der Waals surface area (Å²) in [6.07, 6.45) is 0. The van der Waals surface area contributed by atoms with Gasteiger partial charge in [0.15, 0.2) is 13.2 Å². The molecule has 4 aromatic carbocycles. The zero-order chi connectivity index (χ0) is 28.5. The van der Waals surface area contributed by atoms with Gasteiger partial charge in [0.25, 0.3) is 11.8 Å². The minimum Gasteiger partial charge on any atom is -0.483 e. The predicted octanol–water partition coefficient (Wildman–Crippen LogP) is 7.35. The molecule has 6 nitrogen and oxygen atoms in total. The number of halogens is 2. The van der Waals surface area contributed by atoms with Crippen molar-refractivity contribution in [3.05, 3.63) is 117 Å². The number of hydrogen-bond donors (Lipinski definition) is 0. The molecule has 0 heterocycles. The number of carbonyl (C=O) groups is 2. The Labute approximate surface area is 251 Å². The molecular formula is C32H30Br2N2O4. The standard InChI is InChI=1S/C32H30Br2N2O4/c1-23-13-15-29(27(33)19-23)39-21-31(37)35(25-9-5-3-6-10-25)17-18-36(26-11-7-4-8-12-26)32(38)22-40-30-16-14-24(2)20-28(30)34/h3-16,19-20H,17-18,21-22H2,1-2H3. The van der Waals surface area contributed by atoms with Crippen molar-refractivity contribution in [2.75, 3.05) is 36.1 Å². The van der Waals surface area contributed by atoms with Gasteiger partial charge in [0.2, 0.25) is 0 Å². The number of rotatable bonds is 11. The molecular weight excluding hydrogens is 636 g/mol. The van der Waals surface area contributed by atoms with Gasteiger partial charge in [-0.1, -0.05) is 48.5 Å². The molecule has 4 rings (SSSR count). The molecule has 0 radical (unpaired) electrons. The van der Waals surface area contributed by atoms with Gasteiger partial charge in [-0.15, -0.1) is 0 Å². The minimum atomic E-state index is -0.223. The van der Waals surface area contributed by atoms with E-state index in [1.54, 1.807) is 9.80 Å². The lowest BCUT2D eigenvalue weighted by Crippen LogP contribution is -2.44. The largest absolute Gasteiger partial charge is 0.483 e. The molecule has 0 spiro atoms. The van der Waals surface area contributed by atoms with Crippen LogP contribution in [0.1, 0.15) is 11.1 Å². The Bertz CT molecular complexity index is 1340. The Balaban J connectivity index is 1.50. The van der Waals surface area contributed by atoms with Crippen LogP contribution in [0.5, 0.6) is 11.5 Å². The van der Waals surface area contributed by atoms with E-state index in [2.05, 4.69) is 31.9 Å². The summed E-state index contributed by atoms with van der Waals surface area (Å²) in [6, 6.07) is 30.2. The molecule has 8 heteroatoms. The van der Waals surface area contributed by atoms with Crippen LogP contribution in [-0.4, -0.2) is 38.1 Å². The van der Waals surface area contributed by atoms with Gasteiger partial charge >= 0.3 is 0 Å². The van der Waals surface area contributed by atoms with Crippen LogP contribution in [-0.2, 0) is 9.59 Å². The molecule has 0 aliphatic rings. The molecule has 0 unspecified atom stereocenters. The number of anilines is 2. The second kappa shape index (κ2) is 14.1. The fraction of sp³-hybridized carbons (Fsp3) is 0.188. The molecule has 206 valence electrons. The first-order valence-electron chi connectivity index (χ1n) is 12.8. The van der Waals surface area contributed by atoms with E-state index in [9.17, 15) is 9.59 Å². The van der Waals surface area contributed by atoms with Gasteiger partial charge in [0.05, 0.1) is 8.95 Å². The summed E-state index contributed by atoms with van der Waals surface area (Å²) in [7, 11) is 0. The van der Waals surface area contributed by atoms with Crippen LogP contribution < -0.4 is 19.3 Å². The lowest BCUT2D eigenvalue weighted by molar-refractivity contribution is -0.122. The van der Waals surface area contributed by atoms with Crippen molar-refractivity contribution in [2.45, 2.75) is 13.8 Å². The Morgan fingerprint density at radius 3 is 1.32 bits per heavy atom. The van der Waals surface area contributed by atoms with Crippen LogP contribution >= 0.6 is 31.9 Å². The van der Waals surface area contributed by atoms with E-state index in [4.69, 9.17) is 9.47 Å². The SMILES string of the molecule is Cc1ccc(OCC(=O)N(CCN(C(=O)COc2ccc(C)cc2Br)c2ccccc2)c2ccccc2)c(Br)c1. The van der Waals surface area contributed by atoms with Crippen LogP contribution in [0.3, 0.4) is 0 Å². The molecule has 0 bridgehead atoms. The van der Waals surface area contributed by atoms with Crippen LogP contribution in [0.25, 0.3) is 0 Å². The summed E-state index contributed by atoms with van der Waals surface area (Å²) in [5.41, 5.74) is 3.61. The number of para-hydroxylation sites is 2. The molecule has 0 fully saturated rings. The first-order chi connectivity index (χ1) is 19.3. The van der Waals surface area contributed by atoms with Gasteiger partial charge in [-0.3, -0.25) is 9.59 Å². The Morgan fingerprint density at radius 1 is 0.600 bits per heavy atom. The molecule has 0 saturated carbocycles. The van der Waals surface area contributed by atoms with Crippen molar-refractivity contribution in [3.63, 3.8) is 0 Å². The summed E-state index contributed by atoms with van der Waals surface area (Å²) in [4.78, 5) is 30.2. The lowest BCUT2D eigenvalue weighted by atomic mass is 10.2. The molecule has 0 aromatic heterocycles. The fourth-order valence-electron chi connectivity index (χ4n) is 4.09. The zero-order valence-corrected chi connectivity index (χ0v) is 25.5. The van der Waals surface area contributed by atoms with E-state index in [0.29, 0.717) is 11.5 Å². The number of nitrogens with zero attached hydrogens (tertiary/aromatic N) is 2. The second-order valence-electron chi connectivity index (χ2n) is 9.21. The molecule has 0 N–H and O–H groups in total. The van der Waals surface area contributed by atoms with Crippen LogP contribution in [0.2, 0.25) is 0 Å². The second-order valence-corrected chi connectivity index (χ2v) is 10.9. The number of hydrogen-bond acceptors (Lipinski definition) is 4. The van der Waals surface area contributed by atoms with Crippen LogP contribution in [0.15, 0.2) is 106 Å². The summed E-state index contributed by atoms with van der Waals surface area (Å²) in [5.74, 6) is 0.734. The van der Waals surface area contributed by atoms with Gasteiger partial charge in [0.1, 0.15) is 11.5 Å². The number of benzene rings is 4. The highest BCUT2D eigenvalue weighted by Crippen LogP contribution is 2.27. The predicted molar refractivity (Wildman–Crippen MR) is 166 cm³/mol. The quantitative estimate of drug-likeness (QED) is 0.168. The Morgan fingerprint density at radius 2 is 0.975 bits per heavy atom. The van der Waals surface area contributed by atoms with E-state index in [0.717, 1.165) is 31.4 Å². The third kappa shape index (κ3) is 7.96. The van der Waals surface area contributed by atoms with Crippen molar-refractivity contribution in [1.82, 2.24) is 0 Å². The highest BCUT2D eigenvalue weighted by Gasteiger charge is 2.22. The Kier molecular flexibility index (Phi) is 10.4. The lowest BCUT2D eigenvalue weighted by Gasteiger charge is -2.28. The number of aryl methyl sites for hydroxylation is 2. The van der Waals surface area contributed by atoms with Crippen LogP contribution in [0.4, 0.5) is 11.4 Å². The van der Waals surface area contributed by atoms with Gasteiger partial charge < -0.3 is 19.3 Å². The number of ether oxygens (including phenoxy) is 2. The van der Waals surface area contributed by atoms with Crippen molar-refractivity contribution >= 4 is 55.0 Å². The topological polar surface area (TPSA) is 59.1 Å². The highest BCUT2D eigenvalue weighted by molar-refractivity contribution is 9.10. The maximum Gasteiger partial charge on any atom is 0.264 e. The van der Waals surface area contributed by atoms with E-state index in [1.165, 1.54) is 0 Å². The fourth-order valence-corrected chi connectivity index (χ4v) is 5.31. The number of carbonyl (C=O) groups excluding carboxylic acids is 2. The molecule has 0 saturated heterocycles. The van der Waals surface area contributed by atoms with Crippen LogP contribution in [0, 0.1) is 13.8 Å². The van der Waals surface area contributed by atoms with E-state index in [1.807, 2.05) is 111 Å². The van der Waals surface area contributed by atoms with Crippen molar-refractivity contribution < 1.29 is 19.1 Å². The third-order valence-corrected chi connectivity index (χ3v) is 7.40. The van der Waals surface area contributed by atoms with Crippen molar-refractivity contribution in [1.29, 1.82) is 0 Å². The molecule has 4 aromatic rings. The molecule has 0 aliphatic heterocycles. The molecule has 2 amide bonds. The zero-order valence-electron chi connectivity index (χ0n) is 22.3. The normalized spacial score (nSPS) is 10.6. The van der Waals surface area contributed by atoms with Gasteiger partial charge in [-0.25, -0.2) is 0 Å². The summed E-state index contributed by atoms with van der Waals surface area (Å²) < 4.78 is 13.3. The van der Waals surface area contributed by atoms with E-state index in [-0.39, 0.29) is 38.1 Å². The maximum atomic E-state index is 13.4. The molecule has 40 heavy (non-hydrogen) atoms. The average Bonchev–Trinajstić information content (AvgIpc) is 2.95. The van der Waals surface area contributed by atoms with E-state index < -0.39 is 0 Å². The first-order valence-corrected chi connectivity index (χ1v) is 14.4. The van der Waals surface area contributed by atoms with Gasteiger partial charge in [-0.05, 0) is 105 Å². The van der Waals surface area contributed by atoms with E-state index >= 15 is 0 Å². The average molecular weight is 666 g/mol. The first kappa shape index (κ1) is 29.4. The molecule has 0 atom stereocenters. The van der Waals surface area contributed by atoms with Gasteiger partial charge in [-0.2, -0.15) is 0 Å². The third-order valence-electron chi connectivity index (χ3n) is 6.16. The highest BCUT2D eigenvalue weighted by atomic mass is 79.9. The smallest absolute Gasteiger partial charge is 0.264 e. The maximum absolute atomic E-state index is 13.4. The van der Waals surface area contributed by atoms with Gasteiger partial charge in [0, 0.05) is 24.5 Å². The summed E-state index contributed by atoms with van der Waals surface area (Å²) in [5, 5.41) is 0. The Hall–Kier alpha value is -3.62. The van der Waals surface area contributed by atoms with Crippen molar-refractivity contribution in [2.24, 2.45) is 0 Å². The van der Waals surface area contributed by atoms with Crippen molar-refractivity contribution in [3.8, 4) is 11.5 Å². The summed E-state index contributed by atoms with van der Waals surface area (Å²) in [6.45, 7) is 4.19.